The molecule has 2 unspecified atom stereocenters. The third kappa shape index (κ3) is 2.99. The zero-order chi connectivity index (χ0) is 21.5. The van der Waals surface area contributed by atoms with Crippen LogP contribution < -0.4 is 4.74 Å². The van der Waals surface area contributed by atoms with Crippen LogP contribution in [0.1, 0.15) is 37.7 Å². The molecule has 5 aliphatic rings. The average molecular weight is 555 g/mol. The number of carbonyl (C=O) groups is 1. The molecule has 0 N–H and O–H groups in total. The SMILES string of the molecule is O=C(OC12CC3CC(C1)C1(OCc4cc(I)ccc4O1)C(C3)C2)C(F)(F)S(=O)(=O)[O-]. The highest BCUT2D eigenvalue weighted by molar-refractivity contribution is 14.1. The number of ether oxygens (including phenoxy) is 3. The van der Waals surface area contributed by atoms with Crippen LogP contribution in [-0.2, 0) is 31.0 Å². The summed E-state index contributed by atoms with van der Waals surface area (Å²) in [6.07, 6.45) is 2.30. The van der Waals surface area contributed by atoms with Crippen molar-refractivity contribution in [2.24, 2.45) is 17.8 Å². The van der Waals surface area contributed by atoms with Gasteiger partial charge in [0.05, 0.1) is 6.61 Å². The molecule has 0 amide bonds. The summed E-state index contributed by atoms with van der Waals surface area (Å²) >= 11 is 2.21. The van der Waals surface area contributed by atoms with Crippen LogP contribution in [0.2, 0.25) is 0 Å². The molecule has 11 heteroatoms. The lowest BCUT2D eigenvalue weighted by molar-refractivity contribution is -0.337. The molecule has 164 valence electrons. The lowest BCUT2D eigenvalue weighted by atomic mass is 9.51. The summed E-state index contributed by atoms with van der Waals surface area (Å²) in [4.78, 5) is 11.9. The molecule has 1 heterocycles. The topological polar surface area (TPSA) is 102 Å². The fraction of sp³-hybridized carbons (Fsp3) is 0.632. The molecule has 4 fully saturated rings. The Morgan fingerprint density at radius 3 is 2.53 bits per heavy atom. The number of fused-ring (bicyclic) bond motifs is 1. The summed E-state index contributed by atoms with van der Waals surface area (Å²) in [7, 11) is -6.16. The van der Waals surface area contributed by atoms with Crippen molar-refractivity contribution in [2.45, 2.75) is 55.4 Å². The summed E-state index contributed by atoms with van der Waals surface area (Å²) in [6.45, 7) is 0.364. The van der Waals surface area contributed by atoms with E-state index in [2.05, 4.69) is 22.6 Å². The van der Waals surface area contributed by atoms with Crippen LogP contribution in [0.15, 0.2) is 18.2 Å². The molecule has 6 rings (SSSR count). The van der Waals surface area contributed by atoms with Crippen LogP contribution >= 0.6 is 22.6 Å². The van der Waals surface area contributed by atoms with Gasteiger partial charge in [-0.05, 0) is 78.8 Å². The second kappa shape index (κ2) is 6.48. The number of hydrogen-bond donors (Lipinski definition) is 0. The Kier molecular flexibility index (Phi) is 4.50. The highest BCUT2D eigenvalue weighted by Gasteiger charge is 2.68. The van der Waals surface area contributed by atoms with E-state index < -0.39 is 32.7 Å². The summed E-state index contributed by atoms with van der Waals surface area (Å²) in [6, 6.07) is 5.80. The lowest BCUT2D eigenvalue weighted by Crippen LogP contribution is -2.68. The number of halogens is 3. The first-order valence-electron chi connectivity index (χ1n) is 9.62. The number of benzene rings is 1. The van der Waals surface area contributed by atoms with E-state index >= 15 is 0 Å². The molecule has 0 saturated heterocycles. The molecule has 7 nitrogen and oxygen atoms in total. The van der Waals surface area contributed by atoms with E-state index in [0.717, 1.165) is 27.7 Å². The zero-order valence-corrected chi connectivity index (χ0v) is 18.6. The molecule has 4 aliphatic carbocycles. The Balaban J connectivity index is 1.42. The van der Waals surface area contributed by atoms with Crippen LogP contribution in [0.25, 0.3) is 0 Å². The normalized spacial score (nSPS) is 37.0. The van der Waals surface area contributed by atoms with Crippen molar-refractivity contribution in [1.29, 1.82) is 0 Å². The highest BCUT2D eigenvalue weighted by atomic mass is 127. The lowest BCUT2D eigenvalue weighted by Gasteiger charge is -2.63. The molecule has 1 aromatic rings. The van der Waals surface area contributed by atoms with Gasteiger partial charge in [0, 0.05) is 21.0 Å². The van der Waals surface area contributed by atoms with E-state index in [-0.39, 0.29) is 30.6 Å². The van der Waals surface area contributed by atoms with Crippen LogP contribution in [0.4, 0.5) is 8.78 Å². The Hall–Kier alpha value is -1.05. The minimum absolute atomic E-state index is 0.128. The number of carbonyl (C=O) groups excluding carboxylic acids is 1. The maximum Gasteiger partial charge on any atom is 0.428 e. The first-order valence-corrected chi connectivity index (χ1v) is 12.1. The Labute approximate surface area is 185 Å². The third-order valence-electron chi connectivity index (χ3n) is 6.88. The molecule has 4 saturated carbocycles. The van der Waals surface area contributed by atoms with E-state index in [1.54, 1.807) is 0 Å². The summed E-state index contributed by atoms with van der Waals surface area (Å²) in [5, 5.41) is -5.11. The highest BCUT2D eigenvalue weighted by Crippen LogP contribution is 2.63. The number of hydrogen-bond acceptors (Lipinski definition) is 7. The molecule has 1 aliphatic heterocycles. The van der Waals surface area contributed by atoms with E-state index in [1.807, 2.05) is 18.2 Å². The van der Waals surface area contributed by atoms with E-state index in [1.165, 1.54) is 0 Å². The predicted octanol–water partition coefficient (Wildman–Crippen LogP) is 3.16. The van der Waals surface area contributed by atoms with Gasteiger partial charge in [-0.15, -0.1) is 0 Å². The van der Waals surface area contributed by atoms with Gasteiger partial charge in [0.2, 0.25) is 5.79 Å². The molecule has 1 aromatic carbocycles. The van der Waals surface area contributed by atoms with Gasteiger partial charge >= 0.3 is 11.2 Å². The van der Waals surface area contributed by atoms with Gasteiger partial charge in [0.1, 0.15) is 11.4 Å². The van der Waals surface area contributed by atoms with Gasteiger partial charge < -0.3 is 18.8 Å². The minimum Gasteiger partial charge on any atom is -0.743 e. The van der Waals surface area contributed by atoms with Gasteiger partial charge in [-0.1, -0.05) is 0 Å². The van der Waals surface area contributed by atoms with Crippen LogP contribution in [-0.4, -0.2) is 35.6 Å². The molecule has 4 bridgehead atoms. The Bertz CT molecular complexity index is 1010. The summed E-state index contributed by atoms with van der Waals surface area (Å²) in [5.41, 5.74) is -0.297. The third-order valence-corrected chi connectivity index (χ3v) is 8.34. The number of rotatable bonds is 3. The molecule has 30 heavy (non-hydrogen) atoms. The second-order valence-corrected chi connectivity index (χ2v) is 11.4. The predicted molar refractivity (Wildman–Crippen MR) is 104 cm³/mol. The van der Waals surface area contributed by atoms with Crippen molar-refractivity contribution in [3.05, 3.63) is 27.3 Å². The van der Waals surface area contributed by atoms with Crippen molar-refractivity contribution >= 4 is 38.7 Å². The summed E-state index contributed by atoms with van der Waals surface area (Å²) < 4.78 is 78.6. The van der Waals surface area contributed by atoms with Crippen LogP contribution in [0.5, 0.6) is 5.75 Å². The van der Waals surface area contributed by atoms with E-state index in [0.29, 0.717) is 13.0 Å². The first kappa shape index (κ1) is 20.8. The molecule has 2 atom stereocenters. The van der Waals surface area contributed by atoms with Crippen molar-refractivity contribution in [1.82, 2.24) is 0 Å². The maximum absolute atomic E-state index is 13.7. The zero-order valence-electron chi connectivity index (χ0n) is 15.6. The fourth-order valence-electron chi connectivity index (χ4n) is 5.89. The number of alkyl halides is 2. The van der Waals surface area contributed by atoms with Gasteiger partial charge in [0.25, 0.3) is 0 Å². The maximum atomic E-state index is 13.7. The average Bonchev–Trinajstić information content (AvgIpc) is 2.64. The monoisotopic (exact) mass is 555 g/mol. The van der Waals surface area contributed by atoms with Crippen molar-refractivity contribution in [2.75, 3.05) is 0 Å². The molecule has 0 radical (unpaired) electrons. The Morgan fingerprint density at radius 2 is 1.90 bits per heavy atom. The quantitative estimate of drug-likeness (QED) is 0.321. The first-order chi connectivity index (χ1) is 13.9. The molecule has 1 spiro atoms. The van der Waals surface area contributed by atoms with Gasteiger partial charge in [-0.25, -0.2) is 13.2 Å². The second-order valence-electron chi connectivity index (χ2n) is 8.75. The molecular weight excluding hydrogens is 537 g/mol. The van der Waals surface area contributed by atoms with Crippen LogP contribution in [0.3, 0.4) is 0 Å². The van der Waals surface area contributed by atoms with Crippen molar-refractivity contribution in [3.63, 3.8) is 0 Å². The summed E-state index contributed by atoms with van der Waals surface area (Å²) in [5.74, 6) is -2.74. The van der Waals surface area contributed by atoms with Gasteiger partial charge in [0.15, 0.2) is 10.1 Å². The molecular formula is C19H18F2IO7S-. The van der Waals surface area contributed by atoms with Crippen molar-refractivity contribution < 1.29 is 40.8 Å². The number of esters is 1. The van der Waals surface area contributed by atoms with Crippen LogP contribution in [0, 0.1) is 21.3 Å². The smallest absolute Gasteiger partial charge is 0.428 e. The van der Waals surface area contributed by atoms with E-state index in [4.69, 9.17) is 14.2 Å². The molecule has 0 aromatic heterocycles. The fourth-order valence-corrected chi connectivity index (χ4v) is 6.69. The Morgan fingerprint density at radius 1 is 1.23 bits per heavy atom. The van der Waals surface area contributed by atoms with Gasteiger partial charge in [-0.3, -0.25) is 0 Å². The van der Waals surface area contributed by atoms with Crippen molar-refractivity contribution in [3.8, 4) is 5.75 Å². The van der Waals surface area contributed by atoms with Gasteiger partial charge in [-0.2, -0.15) is 8.78 Å². The standard InChI is InChI=1S/C19H19F2IO7S/c20-19(21,30(24,25)26)16(23)29-17-6-10-3-12(7-17)18(13(4-10)8-17)27-9-11-5-14(22)1-2-15(11)28-18/h1-2,5,10,12-13H,3-4,6-9H2,(H,24,25,26)/p-1. The van der Waals surface area contributed by atoms with E-state index in [9.17, 15) is 26.5 Å². The largest absolute Gasteiger partial charge is 0.743 e. The minimum atomic E-state index is -6.16.